The molecule has 0 saturated heterocycles. The van der Waals surface area contributed by atoms with Crippen LogP contribution in [0.4, 0.5) is 0 Å². The second-order valence-electron chi connectivity index (χ2n) is 0.598. The van der Waals surface area contributed by atoms with E-state index in [1.54, 1.807) is 0 Å². The normalized spacial score (nSPS) is 5.29. The van der Waals surface area contributed by atoms with Gasteiger partial charge in [-0.05, 0) is 0 Å². The minimum atomic E-state index is -0.968. The molecule has 0 amide bonds. The standard InChI is InChI=1S/C2H5NO2.Al.Mg.5H/c3-1-2(4)5;;;;;;;/h1,3H2,(H,4,5);;;;;;;/q;;+2;;;;2*-1. The molecule has 0 aliphatic heterocycles. The molecule has 3 N–H and O–H groups in total. The molecule has 5 heteroatoms. The summed E-state index contributed by atoms with van der Waals surface area (Å²) in [6.07, 6.45) is 0. The zero-order valence-electron chi connectivity index (χ0n) is 5.35. The number of carboxylic acids is 1. The Hall–Kier alpha value is 0.729. The number of carboxylic acid groups (broad SMARTS) is 1. The fourth-order valence-electron chi connectivity index (χ4n) is 0. The van der Waals surface area contributed by atoms with E-state index in [4.69, 9.17) is 5.11 Å². The molecule has 3 nitrogen and oxygen atoms in total. The summed E-state index contributed by atoms with van der Waals surface area (Å²) < 4.78 is 0. The van der Waals surface area contributed by atoms with Crippen molar-refractivity contribution in [3.05, 3.63) is 0 Å². The van der Waals surface area contributed by atoms with E-state index in [0.717, 1.165) is 0 Å². The van der Waals surface area contributed by atoms with E-state index >= 15 is 0 Å². The Balaban J connectivity index is -0.0000000133. The monoisotopic (exact) mass is 131 g/mol. The summed E-state index contributed by atoms with van der Waals surface area (Å²) in [6.45, 7) is -0.278. The number of hydrogen-bond donors (Lipinski definition) is 2. The Bertz CT molecular complexity index is 57.8. The van der Waals surface area contributed by atoms with Crippen LogP contribution in [0.25, 0.3) is 0 Å². The fraction of sp³-hybridized carbons (Fsp3) is 0.500. The summed E-state index contributed by atoms with van der Waals surface area (Å²) in [7, 11) is 0. The number of rotatable bonds is 1. The summed E-state index contributed by atoms with van der Waals surface area (Å²) in [4.78, 5) is 9.24. The van der Waals surface area contributed by atoms with Crippen molar-refractivity contribution in [1.29, 1.82) is 0 Å². The number of carbonyl (C=O) groups is 1. The second kappa shape index (κ2) is 9.88. The first kappa shape index (κ1) is 15.6. The van der Waals surface area contributed by atoms with Crippen molar-refractivity contribution in [2.75, 3.05) is 6.54 Å². The van der Waals surface area contributed by atoms with E-state index in [9.17, 15) is 4.79 Å². The third-order valence-corrected chi connectivity index (χ3v) is 0.175. The molecule has 0 saturated carbocycles. The van der Waals surface area contributed by atoms with E-state index in [-0.39, 0.29) is 49.8 Å². The van der Waals surface area contributed by atoms with Gasteiger partial charge in [-0.1, -0.05) is 0 Å². The molecule has 0 unspecified atom stereocenters. The molecule has 0 bridgehead atoms. The molecule has 0 rings (SSSR count). The summed E-state index contributed by atoms with van der Waals surface area (Å²) in [5.74, 6) is -0.968. The summed E-state index contributed by atoms with van der Waals surface area (Å²) in [5.41, 5.74) is 4.57. The van der Waals surface area contributed by atoms with Crippen LogP contribution < -0.4 is 5.73 Å². The maximum absolute atomic E-state index is 9.24. The Morgan fingerprint density at radius 2 is 2.00 bits per heavy atom. The van der Waals surface area contributed by atoms with Gasteiger partial charge in [-0.3, -0.25) is 4.79 Å². The van der Waals surface area contributed by atoms with Crippen molar-refractivity contribution in [2.24, 2.45) is 5.73 Å². The third-order valence-electron chi connectivity index (χ3n) is 0.175. The molecule has 7 heavy (non-hydrogen) atoms. The first-order valence-corrected chi connectivity index (χ1v) is 1.19. The van der Waals surface area contributed by atoms with Crippen LogP contribution in [0.15, 0.2) is 0 Å². The molecular weight excluding hydrogens is 121 g/mol. The van der Waals surface area contributed by atoms with Crippen LogP contribution in [-0.2, 0) is 4.79 Å². The maximum atomic E-state index is 9.24. The van der Waals surface area contributed by atoms with Crippen LogP contribution in [0.5, 0.6) is 0 Å². The van der Waals surface area contributed by atoms with Crippen LogP contribution in [0, 0.1) is 0 Å². The average Bonchev–Trinajstić information content (AvgIpc) is 1.38. The molecule has 0 aliphatic rings. The van der Waals surface area contributed by atoms with Crippen molar-refractivity contribution >= 4 is 46.4 Å². The van der Waals surface area contributed by atoms with Crippen molar-refractivity contribution in [2.45, 2.75) is 0 Å². The van der Waals surface area contributed by atoms with Crippen LogP contribution in [0.3, 0.4) is 0 Å². The minimum Gasteiger partial charge on any atom is -1.00 e. The first-order chi connectivity index (χ1) is 2.27. The van der Waals surface area contributed by atoms with E-state index < -0.39 is 5.97 Å². The van der Waals surface area contributed by atoms with E-state index in [1.165, 1.54) is 0 Å². The molecular formula is C2H10AlMgNO2. The Morgan fingerprint density at radius 3 is 2.00 bits per heavy atom. The topological polar surface area (TPSA) is 63.3 Å². The third kappa shape index (κ3) is 20.2. The first-order valence-electron chi connectivity index (χ1n) is 1.19. The van der Waals surface area contributed by atoms with Gasteiger partial charge in [-0.15, -0.1) is 0 Å². The maximum Gasteiger partial charge on any atom is 2.00 e. The quantitative estimate of drug-likeness (QED) is 0.393. The van der Waals surface area contributed by atoms with Crippen molar-refractivity contribution in [3.8, 4) is 0 Å². The summed E-state index contributed by atoms with van der Waals surface area (Å²) in [5, 5.41) is 7.60. The van der Waals surface area contributed by atoms with E-state index in [1.807, 2.05) is 0 Å². The predicted molar refractivity (Wildman–Crippen MR) is 34.6 cm³/mol. The van der Waals surface area contributed by atoms with Crippen LogP contribution in [-0.4, -0.2) is 58.0 Å². The van der Waals surface area contributed by atoms with Crippen LogP contribution >= 0.6 is 0 Å². The molecule has 0 fully saturated rings. The summed E-state index contributed by atoms with van der Waals surface area (Å²) in [6, 6.07) is 0. The van der Waals surface area contributed by atoms with Gasteiger partial charge in [-0.25, -0.2) is 0 Å². The van der Waals surface area contributed by atoms with Crippen LogP contribution in [0.2, 0.25) is 0 Å². The van der Waals surface area contributed by atoms with Gasteiger partial charge >= 0.3 is 29.0 Å². The van der Waals surface area contributed by atoms with Crippen molar-refractivity contribution < 1.29 is 12.8 Å². The Labute approximate surface area is 71.5 Å². The van der Waals surface area contributed by atoms with Gasteiger partial charge in [0.25, 0.3) is 0 Å². The minimum absolute atomic E-state index is 0. The van der Waals surface area contributed by atoms with Gasteiger partial charge in [0.15, 0.2) is 17.4 Å². The molecule has 0 aliphatic carbocycles. The number of nitrogens with two attached hydrogens (primary N) is 1. The smallest absolute Gasteiger partial charge is 1.00 e. The van der Waals surface area contributed by atoms with Crippen molar-refractivity contribution in [1.82, 2.24) is 0 Å². The second-order valence-corrected chi connectivity index (χ2v) is 0.598. The number of aliphatic carboxylic acids is 1. The van der Waals surface area contributed by atoms with E-state index in [2.05, 4.69) is 5.73 Å². The Kier molecular flexibility index (Phi) is 22.1. The molecule has 0 atom stereocenters. The number of hydrogen-bond acceptors (Lipinski definition) is 2. The van der Waals surface area contributed by atoms with E-state index in [0.29, 0.717) is 0 Å². The molecule has 0 radical (unpaired) electrons. The van der Waals surface area contributed by atoms with Crippen molar-refractivity contribution in [3.63, 3.8) is 0 Å². The molecule has 0 heterocycles. The van der Waals surface area contributed by atoms with Gasteiger partial charge in [0.05, 0.1) is 6.54 Å². The SMILES string of the molecule is NCC(=O)O.[AlH3].[H-].[H-].[Mg+2]. The molecule has 0 aromatic heterocycles. The molecule has 0 aromatic carbocycles. The van der Waals surface area contributed by atoms with Gasteiger partial charge in [0, 0.05) is 0 Å². The largest absolute Gasteiger partial charge is 2.00 e. The molecule has 0 aromatic rings. The zero-order chi connectivity index (χ0) is 4.28. The van der Waals surface area contributed by atoms with Crippen LogP contribution in [0.1, 0.15) is 2.85 Å². The molecule has 40 valence electrons. The predicted octanol–water partition coefficient (Wildman–Crippen LogP) is -2.31. The zero-order valence-corrected chi connectivity index (χ0v) is 4.76. The summed E-state index contributed by atoms with van der Waals surface area (Å²) >= 11 is 0. The van der Waals surface area contributed by atoms with Gasteiger partial charge in [0.2, 0.25) is 0 Å². The van der Waals surface area contributed by atoms with Gasteiger partial charge < -0.3 is 13.7 Å². The molecule has 0 spiro atoms. The van der Waals surface area contributed by atoms with Gasteiger partial charge in [-0.2, -0.15) is 0 Å². The van der Waals surface area contributed by atoms with Gasteiger partial charge in [0.1, 0.15) is 0 Å². The fourth-order valence-corrected chi connectivity index (χ4v) is 0. The average molecular weight is 131 g/mol. The Morgan fingerprint density at radius 1 is 1.86 bits per heavy atom.